The number of hydrogen-bond acceptors (Lipinski definition) is 0. The molecule has 19 heavy (non-hydrogen) atoms. The summed E-state index contributed by atoms with van der Waals surface area (Å²) < 4.78 is 13.3. The van der Waals surface area contributed by atoms with Gasteiger partial charge < -0.3 is 0 Å². The molecule has 0 nitrogen and oxygen atoms in total. The molecule has 0 atom stereocenters. The Kier molecular flexibility index (Phi) is 3.14. The standard InChI is InChI=1S/C18H19F/c1-14-11-18(12-14,16-7-3-2-4-8-16)13-15-6-5-9-17(19)10-15/h2-10,14H,11-13H2,1H3. The minimum atomic E-state index is -0.131. The second kappa shape index (κ2) is 4.80. The van der Waals surface area contributed by atoms with Crippen molar-refractivity contribution in [1.29, 1.82) is 0 Å². The Bertz CT molecular complexity index is 553. The third kappa shape index (κ3) is 2.42. The van der Waals surface area contributed by atoms with Crippen molar-refractivity contribution in [1.82, 2.24) is 0 Å². The van der Waals surface area contributed by atoms with Crippen LogP contribution in [0.5, 0.6) is 0 Å². The first kappa shape index (κ1) is 12.4. The number of rotatable bonds is 3. The Balaban J connectivity index is 1.90. The van der Waals surface area contributed by atoms with Crippen LogP contribution >= 0.6 is 0 Å². The van der Waals surface area contributed by atoms with E-state index in [-0.39, 0.29) is 11.2 Å². The van der Waals surface area contributed by atoms with Gasteiger partial charge in [-0.2, -0.15) is 0 Å². The molecule has 1 heteroatoms. The van der Waals surface area contributed by atoms with Crippen molar-refractivity contribution in [2.45, 2.75) is 31.6 Å². The van der Waals surface area contributed by atoms with Gasteiger partial charge in [-0.15, -0.1) is 0 Å². The lowest BCUT2D eigenvalue weighted by atomic mass is 9.57. The molecule has 0 bridgehead atoms. The monoisotopic (exact) mass is 254 g/mol. The smallest absolute Gasteiger partial charge is 0.123 e. The fourth-order valence-corrected chi connectivity index (χ4v) is 3.59. The fourth-order valence-electron chi connectivity index (χ4n) is 3.59. The summed E-state index contributed by atoms with van der Waals surface area (Å²) in [5.41, 5.74) is 2.72. The molecular weight excluding hydrogens is 235 g/mol. The van der Waals surface area contributed by atoms with E-state index in [2.05, 4.69) is 37.3 Å². The summed E-state index contributed by atoms with van der Waals surface area (Å²) in [5.74, 6) is 0.641. The topological polar surface area (TPSA) is 0 Å². The third-order valence-corrected chi connectivity index (χ3v) is 4.30. The molecule has 0 N–H and O–H groups in total. The van der Waals surface area contributed by atoms with E-state index in [1.165, 1.54) is 24.5 Å². The SMILES string of the molecule is CC1CC(Cc2cccc(F)c2)(c2ccccc2)C1. The molecule has 0 aromatic heterocycles. The Morgan fingerprint density at radius 2 is 1.79 bits per heavy atom. The van der Waals surface area contributed by atoms with Crippen LogP contribution in [0.3, 0.4) is 0 Å². The zero-order valence-electron chi connectivity index (χ0n) is 11.3. The molecule has 2 aromatic carbocycles. The maximum atomic E-state index is 13.3. The van der Waals surface area contributed by atoms with Crippen molar-refractivity contribution < 1.29 is 4.39 Å². The fraction of sp³-hybridized carbons (Fsp3) is 0.333. The molecule has 1 aliphatic rings. The van der Waals surface area contributed by atoms with Crippen LogP contribution in [0.25, 0.3) is 0 Å². The largest absolute Gasteiger partial charge is 0.207 e. The van der Waals surface area contributed by atoms with E-state index < -0.39 is 0 Å². The number of hydrogen-bond donors (Lipinski definition) is 0. The van der Waals surface area contributed by atoms with Crippen molar-refractivity contribution in [2.75, 3.05) is 0 Å². The Hall–Kier alpha value is -1.63. The Morgan fingerprint density at radius 1 is 1.05 bits per heavy atom. The molecule has 1 saturated carbocycles. The highest BCUT2D eigenvalue weighted by Gasteiger charge is 2.43. The van der Waals surface area contributed by atoms with Crippen LogP contribution in [-0.2, 0) is 11.8 Å². The minimum Gasteiger partial charge on any atom is -0.207 e. The molecule has 98 valence electrons. The predicted molar refractivity (Wildman–Crippen MR) is 76.6 cm³/mol. The summed E-state index contributed by atoms with van der Waals surface area (Å²) >= 11 is 0. The predicted octanol–water partition coefficient (Wildman–Crippen LogP) is 4.74. The van der Waals surface area contributed by atoms with Gasteiger partial charge in [0.15, 0.2) is 0 Å². The number of benzene rings is 2. The van der Waals surface area contributed by atoms with Crippen LogP contribution in [0.2, 0.25) is 0 Å². The Labute approximate surface area is 114 Å². The van der Waals surface area contributed by atoms with Gasteiger partial charge in [-0.1, -0.05) is 49.4 Å². The van der Waals surface area contributed by atoms with Crippen LogP contribution < -0.4 is 0 Å². The average Bonchev–Trinajstić information content (AvgIpc) is 2.38. The van der Waals surface area contributed by atoms with Gasteiger partial charge in [0.05, 0.1) is 0 Å². The lowest BCUT2D eigenvalue weighted by Crippen LogP contribution is -2.42. The first-order valence-corrected chi connectivity index (χ1v) is 6.98. The highest BCUT2D eigenvalue weighted by atomic mass is 19.1. The van der Waals surface area contributed by atoms with Gasteiger partial charge in [-0.05, 0) is 53.9 Å². The van der Waals surface area contributed by atoms with Crippen LogP contribution in [0.15, 0.2) is 54.6 Å². The first-order valence-electron chi connectivity index (χ1n) is 6.98. The molecule has 0 amide bonds. The van der Waals surface area contributed by atoms with Crippen molar-refractivity contribution in [3.8, 4) is 0 Å². The van der Waals surface area contributed by atoms with Crippen molar-refractivity contribution in [3.05, 3.63) is 71.5 Å². The normalized spacial score (nSPS) is 25.9. The van der Waals surface area contributed by atoms with Gasteiger partial charge >= 0.3 is 0 Å². The summed E-state index contributed by atoms with van der Waals surface area (Å²) in [7, 11) is 0. The van der Waals surface area contributed by atoms with Gasteiger partial charge in [0.1, 0.15) is 5.82 Å². The lowest BCUT2D eigenvalue weighted by Gasteiger charge is -2.47. The third-order valence-electron chi connectivity index (χ3n) is 4.30. The van der Waals surface area contributed by atoms with Crippen LogP contribution in [0.4, 0.5) is 4.39 Å². The highest BCUT2D eigenvalue weighted by molar-refractivity contribution is 5.32. The molecule has 0 spiro atoms. The quantitative estimate of drug-likeness (QED) is 0.742. The maximum Gasteiger partial charge on any atom is 0.123 e. The van der Waals surface area contributed by atoms with Gasteiger partial charge in [-0.3, -0.25) is 0 Å². The Morgan fingerprint density at radius 3 is 2.42 bits per heavy atom. The van der Waals surface area contributed by atoms with E-state index >= 15 is 0 Å². The van der Waals surface area contributed by atoms with Crippen LogP contribution in [-0.4, -0.2) is 0 Å². The minimum absolute atomic E-state index is 0.131. The molecule has 0 heterocycles. The van der Waals surface area contributed by atoms with Crippen LogP contribution in [0.1, 0.15) is 30.9 Å². The summed E-state index contributed by atoms with van der Waals surface area (Å²) in [6.45, 7) is 2.30. The summed E-state index contributed by atoms with van der Waals surface area (Å²) in [6, 6.07) is 17.7. The van der Waals surface area contributed by atoms with Crippen molar-refractivity contribution >= 4 is 0 Å². The zero-order valence-corrected chi connectivity index (χ0v) is 11.3. The molecule has 3 rings (SSSR count). The molecule has 2 aromatic rings. The summed E-state index contributed by atoms with van der Waals surface area (Å²) in [6.07, 6.45) is 3.35. The second-order valence-electron chi connectivity index (χ2n) is 5.97. The van der Waals surface area contributed by atoms with Crippen molar-refractivity contribution in [3.63, 3.8) is 0 Å². The van der Waals surface area contributed by atoms with E-state index in [1.54, 1.807) is 6.07 Å². The summed E-state index contributed by atoms with van der Waals surface area (Å²) in [4.78, 5) is 0. The molecule has 0 aliphatic heterocycles. The molecule has 0 radical (unpaired) electrons. The van der Waals surface area contributed by atoms with Gasteiger partial charge in [0.2, 0.25) is 0 Å². The average molecular weight is 254 g/mol. The van der Waals surface area contributed by atoms with E-state index in [1.807, 2.05) is 12.1 Å². The van der Waals surface area contributed by atoms with E-state index in [9.17, 15) is 4.39 Å². The van der Waals surface area contributed by atoms with Gasteiger partial charge in [0, 0.05) is 0 Å². The molecule has 0 unspecified atom stereocenters. The molecular formula is C18H19F. The second-order valence-corrected chi connectivity index (χ2v) is 5.97. The molecule has 1 aliphatic carbocycles. The summed E-state index contributed by atoms with van der Waals surface area (Å²) in [5, 5.41) is 0. The van der Waals surface area contributed by atoms with Crippen molar-refractivity contribution in [2.24, 2.45) is 5.92 Å². The molecule has 0 saturated heterocycles. The van der Waals surface area contributed by atoms with Gasteiger partial charge in [-0.25, -0.2) is 4.39 Å². The maximum absolute atomic E-state index is 13.3. The van der Waals surface area contributed by atoms with E-state index in [4.69, 9.17) is 0 Å². The van der Waals surface area contributed by atoms with Crippen LogP contribution in [0, 0.1) is 11.7 Å². The van der Waals surface area contributed by atoms with E-state index in [0.29, 0.717) is 0 Å². The number of halogens is 1. The highest BCUT2D eigenvalue weighted by Crippen LogP contribution is 2.49. The zero-order chi connectivity index (χ0) is 13.3. The molecule has 1 fully saturated rings. The lowest BCUT2D eigenvalue weighted by molar-refractivity contribution is 0.155. The van der Waals surface area contributed by atoms with Gasteiger partial charge in [0.25, 0.3) is 0 Å². The van der Waals surface area contributed by atoms with E-state index in [0.717, 1.165) is 17.9 Å². The first-order chi connectivity index (χ1) is 9.18.